The molecule has 2 fully saturated rings. The zero-order chi connectivity index (χ0) is 20.9. The van der Waals surface area contributed by atoms with Crippen LogP contribution < -0.4 is 5.32 Å². The van der Waals surface area contributed by atoms with Crippen molar-refractivity contribution in [3.8, 4) is 5.75 Å². The largest absolute Gasteiger partial charge is 0.507 e. The van der Waals surface area contributed by atoms with Gasteiger partial charge in [-0.25, -0.2) is 8.78 Å². The molecule has 9 heteroatoms. The number of benzene rings is 1. The predicted molar refractivity (Wildman–Crippen MR) is 113 cm³/mol. The highest BCUT2D eigenvalue weighted by atomic mass is 32.1. The van der Waals surface area contributed by atoms with Gasteiger partial charge in [0.1, 0.15) is 5.75 Å². The van der Waals surface area contributed by atoms with E-state index in [9.17, 15) is 13.9 Å². The highest BCUT2D eigenvalue weighted by Crippen LogP contribution is 2.41. The molecular formula is C21H25F2N5OS. The Morgan fingerprint density at radius 2 is 2.10 bits per heavy atom. The summed E-state index contributed by atoms with van der Waals surface area (Å²) in [6.07, 6.45) is 3.42. The highest BCUT2D eigenvalue weighted by molar-refractivity contribution is 7.17. The number of halogens is 2. The van der Waals surface area contributed by atoms with Gasteiger partial charge in [0.25, 0.3) is 5.92 Å². The first-order valence-corrected chi connectivity index (χ1v) is 11.2. The molecule has 5 rings (SSSR count). The standard InChI is InChI=1S/C21H25F2N5OS/c1-27-12-18(24-13-3-2-7-28(11-13)14-9-21(22,23)10-14)25-26-20(27)16-4-5-17-15(19(16)29)6-8-30-17/h4-6,8,12-14,20,24,29H,2-3,7,9-11H2,1H3/t13?,20-/m0/s1. The molecule has 0 radical (unpaired) electrons. The number of piperidine rings is 1. The Kier molecular flexibility index (Phi) is 4.89. The molecule has 3 heterocycles. The Labute approximate surface area is 177 Å². The molecule has 1 unspecified atom stereocenters. The van der Waals surface area contributed by atoms with Crippen LogP contribution in [0, 0.1) is 0 Å². The van der Waals surface area contributed by atoms with Crippen molar-refractivity contribution in [3.63, 3.8) is 0 Å². The molecule has 160 valence electrons. The Morgan fingerprint density at radius 3 is 2.87 bits per heavy atom. The molecule has 0 bridgehead atoms. The van der Waals surface area contributed by atoms with E-state index in [0.29, 0.717) is 5.82 Å². The van der Waals surface area contributed by atoms with Gasteiger partial charge in [0, 0.05) is 60.4 Å². The predicted octanol–water partition coefficient (Wildman–Crippen LogP) is 4.65. The van der Waals surface area contributed by atoms with E-state index in [4.69, 9.17) is 0 Å². The second-order valence-electron chi connectivity index (χ2n) is 8.50. The van der Waals surface area contributed by atoms with Gasteiger partial charge in [0.15, 0.2) is 12.0 Å². The molecule has 3 aliphatic rings. The number of nitrogens with zero attached hydrogens (tertiary/aromatic N) is 4. The van der Waals surface area contributed by atoms with Gasteiger partial charge in [-0.2, -0.15) is 5.11 Å². The first-order chi connectivity index (χ1) is 14.4. The number of likely N-dealkylation sites (tertiary alicyclic amines) is 1. The number of hydrogen-bond donors (Lipinski definition) is 2. The van der Waals surface area contributed by atoms with Crippen molar-refractivity contribution >= 4 is 21.4 Å². The van der Waals surface area contributed by atoms with Crippen molar-refractivity contribution in [2.75, 3.05) is 20.1 Å². The summed E-state index contributed by atoms with van der Waals surface area (Å²) in [7, 11) is 1.91. The van der Waals surface area contributed by atoms with E-state index in [1.807, 2.05) is 41.7 Å². The van der Waals surface area contributed by atoms with Crippen LogP contribution in [0.5, 0.6) is 5.75 Å². The third kappa shape index (κ3) is 3.65. The number of phenolic OH excluding ortho intramolecular Hbond substituents is 1. The van der Waals surface area contributed by atoms with Crippen LogP contribution in [0.1, 0.15) is 37.4 Å². The summed E-state index contributed by atoms with van der Waals surface area (Å²) in [6, 6.07) is 5.96. The third-order valence-electron chi connectivity index (χ3n) is 6.29. The smallest absolute Gasteiger partial charge is 0.251 e. The van der Waals surface area contributed by atoms with Crippen molar-refractivity contribution in [1.82, 2.24) is 15.1 Å². The SMILES string of the molecule is CN1C=C(NC2CCCN(C3CC(F)(F)C3)C2)N=N[C@@H]1c1ccc2sccc2c1O. The second kappa shape index (κ2) is 7.46. The van der Waals surface area contributed by atoms with Crippen LogP contribution in [-0.2, 0) is 0 Å². The normalized spacial score (nSPS) is 27.2. The fourth-order valence-electron chi connectivity index (χ4n) is 4.64. The zero-order valence-corrected chi connectivity index (χ0v) is 17.6. The minimum Gasteiger partial charge on any atom is -0.507 e. The van der Waals surface area contributed by atoms with E-state index in [1.165, 1.54) is 0 Å². The number of thiophene rings is 1. The van der Waals surface area contributed by atoms with Gasteiger partial charge in [-0.05, 0) is 43.0 Å². The van der Waals surface area contributed by atoms with Gasteiger partial charge in [-0.3, -0.25) is 4.90 Å². The van der Waals surface area contributed by atoms with Crippen LogP contribution in [0.15, 0.2) is 45.8 Å². The van der Waals surface area contributed by atoms with Crippen LogP contribution in [-0.4, -0.2) is 53.0 Å². The third-order valence-corrected chi connectivity index (χ3v) is 7.17. The quantitative estimate of drug-likeness (QED) is 0.737. The molecule has 2 N–H and O–H groups in total. The highest BCUT2D eigenvalue weighted by Gasteiger charge is 2.48. The van der Waals surface area contributed by atoms with Crippen LogP contribution in [0.4, 0.5) is 8.78 Å². The van der Waals surface area contributed by atoms with Crippen molar-refractivity contribution in [2.24, 2.45) is 10.2 Å². The Morgan fingerprint density at radius 1 is 1.27 bits per heavy atom. The number of phenols is 1. The summed E-state index contributed by atoms with van der Waals surface area (Å²) in [6.45, 7) is 1.63. The first-order valence-electron chi connectivity index (χ1n) is 10.3. The molecule has 1 saturated heterocycles. The second-order valence-corrected chi connectivity index (χ2v) is 9.45. The zero-order valence-electron chi connectivity index (χ0n) is 16.8. The molecule has 6 nitrogen and oxygen atoms in total. The molecule has 1 aromatic heterocycles. The molecular weight excluding hydrogens is 408 g/mol. The lowest BCUT2D eigenvalue weighted by atomic mass is 9.85. The number of hydrogen-bond acceptors (Lipinski definition) is 7. The van der Waals surface area contributed by atoms with E-state index < -0.39 is 5.92 Å². The van der Waals surface area contributed by atoms with Crippen molar-refractivity contribution in [3.05, 3.63) is 41.2 Å². The van der Waals surface area contributed by atoms with Crippen molar-refractivity contribution in [2.45, 2.75) is 49.9 Å². The lowest BCUT2D eigenvalue weighted by Gasteiger charge is -2.46. The number of fused-ring (bicyclic) bond motifs is 1. The Bertz CT molecular complexity index is 998. The monoisotopic (exact) mass is 433 g/mol. The summed E-state index contributed by atoms with van der Waals surface area (Å²) >= 11 is 1.59. The molecule has 0 spiro atoms. The van der Waals surface area contributed by atoms with Gasteiger partial charge in [-0.15, -0.1) is 16.5 Å². The molecule has 2 atom stereocenters. The molecule has 30 heavy (non-hydrogen) atoms. The number of nitrogens with one attached hydrogen (secondary N) is 1. The van der Waals surface area contributed by atoms with E-state index in [1.54, 1.807) is 11.3 Å². The summed E-state index contributed by atoms with van der Waals surface area (Å²) in [5.41, 5.74) is 0.720. The number of rotatable bonds is 4. The fraction of sp³-hybridized carbons (Fsp3) is 0.524. The molecule has 1 aromatic carbocycles. The van der Waals surface area contributed by atoms with Crippen LogP contribution >= 0.6 is 11.3 Å². The van der Waals surface area contributed by atoms with Gasteiger partial charge in [0.05, 0.1) is 0 Å². The minimum absolute atomic E-state index is 0.00591. The number of azo groups is 1. The van der Waals surface area contributed by atoms with Gasteiger partial charge in [-0.1, -0.05) is 0 Å². The molecule has 2 aromatic rings. The topological polar surface area (TPSA) is 63.5 Å². The van der Waals surface area contributed by atoms with Gasteiger partial charge in [0.2, 0.25) is 0 Å². The maximum Gasteiger partial charge on any atom is 0.251 e. The van der Waals surface area contributed by atoms with E-state index in [2.05, 4.69) is 20.4 Å². The van der Waals surface area contributed by atoms with Crippen LogP contribution in [0.2, 0.25) is 0 Å². The molecule has 0 amide bonds. The maximum absolute atomic E-state index is 13.2. The van der Waals surface area contributed by atoms with Gasteiger partial charge < -0.3 is 15.3 Å². The average molecular weight is 434 g/mol. The number of alkyl halides is 2. The maximum atomic E-state index is 13.2. The van der Waals surface area contributed by atoms with E-state index in [-0.39, 0.29) is 36.8 Å². The lowest BCUT2D eigenvalue weighted by Crippen LogP contribution is -2.56. The average Bonchev–Trinajstić information content (AvgIpc) is 3.17. The Hall–Kier alpha value is -2.26. The minimum atomic E-state index is -2.49. The lowest BCUT2D eigenvalue weighted by molar-refractivity contribution is -0.128. The van der Waals surface area contributed by atoms with Crippen molar-refractivity contribution in [1.29, 1.82) is 0 Å². The Balaban J connectivity index is 1.24. The summed E-state index contributed by atoms with van der Waals surface area (Å²) in [5.74, 6) is -1.58. The van der Waals surface area contributed by atoms with Crippen molar-refractivity contribution < 1.29 is 13.9 Å². The van der Waals surface area contributed by atoms with E-state index >= 15 is 0 Å². The fourth-order valence-corrected chi connectivity index (χ4v) is 5.43. The molecule has 2 aliphatic heterocycles. The first kappa shape index (κ1) is 19.7. The van der Waals surface area contributed by atoms with E-state index in [0.717, 1.165) is 41.6 Å². The summed E-state index contributed by atoms with van der Waals surface area (Å²) in [5, 5.41) is 25.7. The van der Waals surface area contributed by atoms with Crippen LogP contribution in [0.3, 0.4) is 0 Å². The molecule has 1 saturated carbocycles. The number of aromatic hydroxyl groups is 1. The summed E-state index contributed by atoms with van der Waals surface area (Å²) < 4.78 is 27.5. The molecule has 1 aliphatic carbocycles. The summed E-state index contributed by atoms with van der Waals surface area (Å²) in [4.78, 5) is 4.11. The van der Waals surface area contributed by atoms with Gasteiger partial charge >= 0.3 is 0 Å². The van der Waals surface area contributed by atoms with Crippen LogP contribution in [0.25, 0.3) is 10.1 Å².